The smallest absolute Gasteiger partial charge is 0.388 e. The van der Waals surface area contributed by atoms with Crippen LogP contribution in [0.4, 0.5) is 13.2 Å². The average molecular weight is 452 g/mol. The van der Waals surface area contributed by atoms with Crippen molar-refractivity contribution in [2.75, 3.05) is 7.11 Å². The summed E-state index contributed by atoms with van der Waals surface area (Å²) < 4.78 is 50.1. The highest BCUT2D eigenvalue weighted by Gasteiger charge is 2.27. The summed E-state index contributed by atoms with van der Waals surface area (Å²) in [4.78, 5) is 15.9. The molecule has 0 unspecified atom stereocenters. The van der Waals surface area contributed by atoms with Gasteiger partial charge in [-0.3, -0.25) is 0 Å². The van der Waals surface area contributed by atoms with Gasteiger partial charge in [-0.25, -0.2) is 18.9 Å². The standard InChI is InChI=1S/C16H10Cl2F3N3O3S/c1-5(15(25)26-3)13-22-10-6(17)4-7(19)8(12(10)28-13)11-9(18)14(24(2)23-11)27-16(20)21/h4,16H,1H2,2-3H3. The molecule has 0 aliphatic heterocycles. The highest BCUT2D eigenvalue weighted by molar-refractivity contribution is 7.20. The summed E-state index contributed by atoms with van der Waals surface area (Å²) in [6, 6.07) is 0.988. The number of alkyl halides is 2. The van der Waals surface area contributed by atoms with Gasteiger partial charge in [0.2, 0.25) is 5.88 Å². The Morgan fingerprint density at radius 3 is 2.68 bits per heavy atom. The SMILES string of the molecule is C=C(C(=O)OC)c1nc2c(Cl)cc(F)c(-c3nn(C)c(OC(F)F)c3Cl)c2s1. The molecule has 12 heteroatoms. The molecule has 0 saturated carbocycles. The molecule has 0 saturated heterocycles. The molecule has 0 fully saturated rings. The number of fused-ring (bicyclic) bond motifs is 1. The zero-order valence-electron chi connectivity index (χ0n) is 14.2. The second kappa shape index (κ2) is 7.61. The molecular formula is C16H10Cl2F3N3O3S. The number of methoxy groups -OCH3 is 1. The van der Waals surface area contributed by atoms with Gasteiger partial charge in [0, 0.05) is 7.05 Å². The van der Waals surface area contributed by atoms with Crippen molar-refractivity contribution >= 4 is 56.3 Å². The van der Waals surface area contributed by atoms with Gasteiger partial charge in [-0.15, -0.1) is 11.3 Å². The zero-order chi connectivity index (χ0) is 20.7. The van der Waals surface area contributed by atoms with E-state index in [-0.39, 0.29) is 42.1 Å². The van der Waals surface area contributed by atoms with Crippen molar-refractivity contribution in [1.29, 1.82) is 0 Å². The molecule has 3 aromatic rings. The first kappa shape index (κ1) is 20.4. The Balaban J connectivity index is 2.26. The van der Waals surface area contributed by atoms with Gasteiger partial charge in [0.15, 0.2) is 0 Å². The molecule has 0 bridgehead atoms. The van der Waals surface area contributed by atoms with Gasteiger partial charge in [-0.05, 0) is 6.07 Å². The maximum atomic E-state index is 14.8. The molecule has 0 amide bonds. The number of rotatable bonds is 5. The maximum absolute atomic E-state index is 14.8. The summed E-state index contributed by atoms with van der Waals surface area (Å²) in [6.07, 6.45) is 0. The van der Waals surface area contributed by atoms with Crippen molar-refractivity contribution in [2.24, 2.45) is 7.05 Å². The summed E-state index contributed by atoms with van der Waals surface area (Å²) >= 11 is 13.1. The molecule has 1 aromatic carbocycles. The second-order valence-electron chi connectivity index (χ2n) is 5.35. The fourth-order valence-electron chi connectivity index (χ4n) is 2.43. The summed E-state index contributed by atoms with van der Waals surface area (Å²) in [5, 5.41) is 3.80. The van der Waals surface area contributed by atoms with Crippen molar-refractivity contribution in [2.45, 2.75) is 6.61 Å². The largest absolute Gasteiger partial charge is 0.465 e. The number of esters is 1. The number of thiazole rings is 1. The molecule has 2 aromatic heterocycles. The Hall–Kier alpha value is -2.30. The van der Waals surface area contributed by atoms with E-state index in [9.17, 15) is 18.0 Å². The molecule has 0 N–H and O–H groups in total. The first-order valence-corrected chi connectivity index (χ1v) is 8.96. The first-order valence-electron chi connectivity index (χ1n) is 7.39. The third-order valence-corrected chi connectivity index (χ3v) is 5.40. The van der Waals surface area contributed by atoms with Crippen LogP contribution < -0.4 is 4.74 Å². The van der Waals surface area contributed by atoms with Crippen molar-refractivity contribution < 1.29 is 27.4 Å². The molecule has 148 valence electrons. The molecule has 6 nitrogen and oxygen atoms in total. The summed E-state index contributed by atoms with van der Waals surface area (Å²) in [7, 11) is 2.49. The van der Waals surface area contributed by atoms with Crippen molar-refractivity contribution in [3.05, 3.63) is 33.5 Å². The number of halogens is 5. The number of benzene rings is 1. The normalized spacial score (nSPS) is 11.3. The number of carbonyl (C=O) groups is 1. The minimum absolute atomic E-state index is 0.0208. The minimum Gasteiger partial charge on any atom is -0.465 e. The molecule has 2 heterocycles. The molecule has 28 heavy (non-hydrogen) atoms. The van der Waals surface area contributed by atoms with E-state index < -0.39 is 24.3 Å². The lowest BCUT2D eigenvalue weighted by Gasteiger charge is -2.04. The second-order valence-corrected chi connectivity index (χ2v) is 7.14. The lowest BCUT2D eigenvalue weighted by atomic mass is 10.1. The van der Waals surface area contributed by atoms with Gasteiger partial charge in [0.25, 0.3) is 0 Å². The number of hydrogen-bond donors (Lipinski definition) is 0. The van der Waals surface area contributed by atoms with E-state index in [4.69, 9.17) is 23.2 Å². The third-order valence-electron chi connectivity index (χ3n) is 3.64. The van der Waals surface area contributed by atoms with Crippen molar-refractivity contribution in [3.63, 3.8) is 0 Å². The number of ether oxygens (including phenoxy) is 2. The average Bonchev–Trinajstić information content (AvgIpc) is 3.18. The molecule has 0 spiro atoms. The Labute approximate surface area is 170 Å². The van der Waals surface area contributed by atoms with Crippen LogP contribution in [0.3, 0.4) is 0 Å². The number of aromatic nitrogens is 3. The summed E-state index contributed by atoms with van der Waals surface area (Å²) in [6.45, 7) is 0.457. The summed E-state index contributed by atoms with van der Waals surface area (Å²) in [5.41, 5.74) is -0.149. The van der Waals surface area contributed by atoms with E-state index in [1.165, 1.54) is 14.2 Å². The molecule has 0 aliphatic carbocycles. The van der Waals surface area contributed by atoms with Crippen molar-refractivity contribution in [3.8, 4) is 17.1 Å². The van der Waals surface area contributed by atoms with Crippen LogP contribution in [-0.2, 0) is 16.6 Å². The fourth-order valence-corrected chi connectivity index (χ4v) is 4.10. The molecule has 0 radical (unpaired) electrons. The topological polar surface area (TPSA) is 66.2 Å². The molecule has 0 aliphatic rings. The number of hydrogen-bond acceptors (Lipinski definition) is 6. The Kier molecular flexibility index (Phi) is 5.55. The highest BCUT2D eigenvalue weighted by atomic mass is 35.5. The molecule has 3 rings (SSSR count). The molecule has 0 atom stereocenters. The first-order chi connectivity index (χ1) is 13.1. The van der Waals surface area contributed by atoms with E-state index in [1.54, 1.807) is 0 Å². The van der Waals surface area contributed by atoms with Gasteiger partial charge in [0.05, 0.1) is 28.0 Å². The van der Waals surface area contributed by atoms with Gasteiger partial charge in [-0.1, -0.05) is 29.8 Å². The molecular weight excluding hydrogens is 442 g/mol. The predicted octanol–water partition coefficient (Wildman–Crippen LogP) is 4.93. The van der Waals surface area contributed by atoms with Crippen LogP contribution in [0.2, 0.25) is 10.0 Å². The lowest BCUT2D eigenvalue weighted by Crippen LogP contribution is -2.06. The quantitative estimate of drug-likeness (QED) is 0.406. The number of aryl methyl sites for hydroxylation is 1. The van der Waals surface area contributed by atoms with Crippen LogP contribution in [0, 0.1) is 5.82 Å². The minimum atomic E-state index is -3.14. The summed E-state index contributed by atoms with van der Waals surface area (Å²) in [5.74, 6) is -1.96. The highest BCUT2D eigenvalue weighted by Crippen LogP contribution is 2.44. The monoisotopic (exact) mass is 451 g/mol. The lowest BCUT2D eigenvalue weighted by molar-refractivity contribution is -0.133. The zero-order valence-corrected chi connectivity index (χ0v) is 16.6. The van der Waals surface area contributed by atoms with Crippen LogP contribution in [0.1, 0.15) is 5.01 Å². The fraction of sp³-hybridized carbons (Fsp3) is 0.188. The van der Waals surface area contributed by atoms with Crippen LogP contribution in [0.15, 0.2) is 12.6 Å². The van der Waals surface area contributed by atoms with Gasteiger partial charge in [-0.2, -0.15) is 13.9 Å². The third kappa shape index (κ3) is 3.43. The maximum Gasteiger partial charge on any atom is 0.388 e. The van der Waals surface area contributed by atoms with Gasteiger partial charge < -0.3 is 9.47 Å². The Bertz CT molecular complexity index is 1110. The van der Waals surface area contributed by atoms with Crippen LogP contribution in [0.25, 0.3) is 27.0 Å². The number of nitrogens with zero attached hydrogens (tertiary/aromatic N) is 3. The van der Waals surface area contributed by atoms with Crippen LogP contribution in [0.5, 0.6) is 5.88 Å². The van der Waals surface area contributed by atoms with E-state index in [1.807, 2.05) is 0 Å². The van der Waals surface area contributed by atoms with Crippen LogP contribution >= 0.6 is 34.5 Å². The van der Waals surface area contributed by atoms with Crippen LogP contribution in [-0.4, -0.2) is 34.5 Å². The van der Waals surface area contributed by atoms with Gasteiger partial charge in [0.1, 0.15) is 27.1 Å². The van der Waals surface area contributed by atoms with E-state index in [2.05, 4.69) is 26.1 Å². The van der Waals surface area contributed by atoms with E-state index in [0.29, 0.717) is 0 Å². The van der Waals surface area contributed by atoms with Crippen molar-refractivity contribution in [1.82, 2.24) is 14.8 Å². The van der Waals surface area contributed by atoms with Gasteiger partial charge >= 0.3 is 12.6 Å². The Morgan fingerprint density at radius 1 is 1.39 bits per heavy atom. The van der Waals surface area contributed by atoms with E-state index in [0.717, 1.165) is 22.1 Å². The number of carbonyl (C=O) groups excluding carboxylic acids is 1. The predicted molar refractivity (Wildman–Crippen MR) is 99.5 cm³/mol. The van der Waals surface area contributed by atoms with E-state index >= 15 is 0 Å². The Morgan fingerprint density at radius 2 is 2.07 bits per heavy atom.